The molecule has 1 fully saturated rings. The topological polar surface area (TPSA) is 38.8 Å². The fraction of sp³-hybridized carbons (Fsp3) is 0.588. The van der Waals surface area contributed by atoms with Gasteiger partial charge in [-0.15, -0.1) is 0 Å². The molecule has 0 unspecified atom stereocenters. The van der Waals surface area contributed by atoms with Crippen LogP contribution < -0.4 is 0 Å². The van der Waals surface area contributed by atoms with Gasteiger partial charge in [0.1, 0.15) is 0 Å². The van der Waals surface area contributed by atoms with Crippen molar-refractivity contribution in [1.82, 2.24) is 4.90 Å². The van der Waals surface area contributed by atoms with Crippen LogP contribution in [0.5, 0.6) is 0 Å². The fourth-order valence-corrected chi connectivity index (χ4v) is 2.71. The van der Waals surface area contributed by atoms with E-state index in [0.717, 1.165) is 0 Å². The van der Waals surface area contributed by atoms with Crippen molar-refractivity contribution in [3.8, 4) is 0 Å². The number of morpholine rings is 1. The minimum absolute atomic E-state index is 0.00691. The summed E-state index contributed by atoms with van der Waals surface area (Å²) in [5.41, 5.74) is 1.04. The highest BCUT2D eigenvalue weighted by molar-refractivity contribution is 5.78. The summed E-state index contributed by atoms with van der Waals surface area (Å²) in [7, 11) is 1.66. The van der Waals surface area contributed by atoms with Crippen LogP contribution in [0.1, 0.15) is 25.8 Å². The van der Waals surface area contributed by atoms with Gasteiger partial charge in [0.2, 0.25) is 5.91 Å². The van der Waals surface area contributed by atoms with E-state index in [9.17, 15) is 4.79 Å². The maximum atomic E-state index is 12.6. The van der Waals surface area contributed by atoms with Crippen molar-refractivity contribution in [2.24, 2.45) is 0 Å². The molecule has 0 aliphatic carbocycles. The Labute approximate surface area is 127 Å². The molecule has 116 valence electrons. The van der Waals surface area contributed by atoms with Gasteiger partial charge in [0.05, 0.1) is 19.3 Å². The highest BCUT2D eigenvalue weighted by Gasteiger charge is 2.30. The first-order valence-corrected chi connectivity index (χ1v) is 7.47. The maximum Gasteiger partial charge on any atom is 0.223 e. The van der Waals surface area contributed by atoms with Gasteiger partial charge in [-0.25, -0.2) is 0 Å². The van der Waals surface area contributed by atoms with E-state index in [1.807, 2.05) is 23.1 Å². The number of rotatable bonds is 5. The third-order valence-corrected chi connectivity index (χ3v) is 3.99. The van der Waals surface area contributed by atoms with Gasteiger partial charge in [-0.2, -0.15) is 0 Å². The first-order chi connectivity index (χ1) is 10.0. The lowest BCUT2D eigenvalue weighted by Crippen LogP contribution is -2.48. The molecule has 1 aliphatic rings. The van der Waals surface area contributed by atoms with Crippen molar-refractivity contribution in [3.63, 3.8) is 0 Å². The number of amides is 1. The molecule has 1 heterocycles. The summed E-state index contributed by atoms with van der Waals surface area (Å²) in [6.07, 6.45) is 0.504. The van der Waals surface area contributed by atoms with Crippen LogP contribution in [0.3, 0.4) is 0 Å². The third kappa shape index (κ3) is 4.29. The molecule has 0 saturated carbocycles. The Hall–Kier alpha value is -1.39. The van der Waals surface area contributed by atoms with E-state index < -0.39 is 0 Å². The molecule has 1 saturated heterocycles. The van der Waals surface area contributed by atoms with E-state index in [1.54, 1.807) is 7.11 Å². The Bertz CT molecular complexity index is 456. The number of ether oxygens (including phenoxy) is 2. The number of hydrogen-bond acceptors (Lipinski definition) is 3. The Morgan fingerprint density at radius 1 is 1.38 bits per heavy atom. The van der Waals surface area contributed by atoms with E-state index >= 15 is 0 Å². The van der Waals surface area contributed by atoms with Crippen LogP contribution in [0.15, 0.2) is 30.3 Å². The van der Waals surface area contributed by atoms with Gasteiger partial charge >= 0.3 is 0 Å². The smallest absolute Gasteiger partial charge is 0.223 e. The summed E-state index contributed by atoms with van der Waals surface area (Å²) < 4.78 is 10.7. The molecule has 21 heavy (non-hydrogen) atoms. The van der Waals surface area contributed by atoms with Crippen molar-refractivity contribution in [1.29, 1.82) is 0 Å². The minimum Gasteiger partial charge on any atom is -0.382 e. The van der Waals surface area contributed by atoms with Crippen LogP contribution in [-0.2, 0) is 19.7 Å². The number of benzene rings is 1. The minimum atomic E-state index is -0.159. The van der Waals surface area contributed by atoms with E-state index in [0.29, 0.717) is 32.7 Å². The van der Waals surface area contributed by atoms with Crippen LogP contribution in [0.4, 0.5) is 0 Å². The third-order valence-electron chi connectivity index (χ3n) is 3.99. The van der Waals surface area contributed by atoms with Gasteiger partial charge in [-0.05, 0) is 11.0 Å². The molecule has 0 bridgehead atoms. The second-order valence-electron chi connectivity index (χ2n) is 6.21. The molecule has 0 aromatic heterocycles. The zero-order valence-electron chi connectivity index (χ0n) is 13.2. The van der Waals surface area contributed by atoms with Gasteiger partial charge in [0.15, 0.2) is 0 Å². The molecule has 1 aromatic rings. The number of nitrogens with zero attached hydrogens (tertiary/aromatic N) is 1. The lowest BCUT2D eigenvalue weighted by molar-refractivity contribution is -0.141. The van der Waals surface area contributed by atoms with E-state index in [4.69, 9.17) is 9.47 Å². The average molecular weight is 291 g/mol. The average Bonchev–Trinajstić information content (AvgIpc) is 2.48. The van der Waals surface area contributed by atoms with Crippen LogP contribution in [0.25, 0.3) is 0 Å². The molecular formula is C17H25NO3. The van der Waals surface area contributed by atoms with Gasteiger partial charge < -0.3 is 14.4 Å². The molecule has 1 atom stereocenters. The Morgan fingerprint density at radius 2 is 2.10 bits per heavy atom. The molecule has 4 heteroatoms. The zero-order chi connectivity index (χ0) is 15.3. The standard InChI is InChI=1S/C17H25NO3/c1-17(2,14-7-5-4-6-8-14)11-16(19)18-9-10-21-15(12-18)13-20-3/h4-8,15H,9-13H2,1-3H3/t15-/m0/s1. The molecule has 1 amide bonds. The molecule has 1 aromatic carbocycles. The van der Waals surface area contributed by atoms with Gasteiger partial charge in [0, 0.05) is 26.6 Å². The SMILES string of the molecule is COC[C@@H]1CN(C(=O)CC(C)(C)c2ccccc2)CCO1. The molecule has 0 radical (unpaired) electrons. The molecule has 2 rings (SSSR count). The first-order valence-electron chi connectivity index (χ1n) is 7.47. The van der Waals surface area contributed by atoms with Gasteiger partial charge in [0.25, 0.3) is 0 Å². The molecule has 0 spiro atoms. The summed E-state index contributed by atoms with van der Waals surface area (Å²) in [5.74, 6) is 0.188. The zero-order valence-corrected chi connectivity index (χ0v) is 13.2. The maximum absolute atomic E-state index is 12.6. The predicted molar refractivity (Wildman–Crippen MR) is 82.3 cm³/mol. The normalized spacial score (nSPS) is 19.6. The molecule has 4 nitrogen and oxygen atoms in total. The summed E-state index contributed by atoms with van der Waals surface area (Å²) in [4.78, 5) is 14.5. The highest BCUT2D eigenvalue weighted by atomic mass is 16.5. The van der Waals surface area contributed by atoms with Crippen LogP contribution in [-0.4, -0.2) is 50.3 Å². The Balaban J connectivity index is 1.97. The second-order valence-corrected chi connectivity index (χ2v) is 6.21. The van der Waals surface area contributed by atoms with Crippen molar-refractivity contribution >= 4 is 5.91 Å². The van der Waals surface area contributed by atoms with Crippen LogP contribution in [0, 0.1) is 0 Å². The van der Waals surface area contributed by atoms with Crippen LogP contribution >= 0.6 is 0 Å². The fourth-order valence-electron chi connectivity index (χ4n) is 2.71. The van der Waals surface area contributed by atoms with E-state index in [1.165, 1.54) is 5.56 Å². The second kappa shape index (κ2) is 7.05. The number of hydrogen-bond donors (Lipinski definition) is 0. The van der Waals surface area contributed by atoms with Crippen molar-refractivity contribution in [2.45, 2.75) is 31.8 Å². The number of carbonyl (C=O) groups is 1. The molecular weight excluding hydrogens is 266 g/mol. The summed E-state index contributed by atoms with van der Waals surface area (Å²) in [6, 6.07) is 10.2. The summed E-state index contributed by atoms with van der Waals surface area (Å²) >= 11 is 0. The van der Waals surface area contributed by atoms with E-state index in [2.05, 4.69) is 26.0 Å². The largest absolute Gasteiger partial charge is 0.382 e. The quantitative estimate of drug-likeness (QED) is 0.835. The van der Waals surface area contributed by atoms with Crippen molar-refractivity contribution in [2.75, 3.05) is 33.4 Å². The number of methoxy groups -OCH3 is 1. The lowest BCUT2D eigenvalue weighted by atomic mass is 9.81. The van der Waals surface area contributed by atoms with Crippen molar-refractivity contribution in [3.05, 3.63) is 35.9 Å². The molecule has 0 N–H and O–H groups in total. The highest BCUT2D eigenvalue weighted by Crippen LogP contribution is 2.27. The molecule has 1 aliphatic heterocycles. The van der Waals surface area contributed by atoms with Gasteiger partial charge in [-0.3, -0.25) is 4.79 Å². The predicted octanol–water partition coefficient (Wildman–Crippen LogP) is 2.23. The monoisotopic (exact) mass is 291 g/mol. The number of carbonyl (C=O) groups excluding carboxylic acids is 1. The summed E-state index contributed by atoms with van der Waals surface area (Å²) in [6.45, 7) is 6.65. The van der Waals surface area contributed by atoms with Gasteiger partial charge in [-0.1, -0.05) is 44.2 Å². The Morgan fingerprint density at radius 3 is 2.76 bits per heavy atom. The van der Waals surface area contributed by atoms with Crippen molar-refractivity contribution < 1.29 is 14.3 Å². The Kier molecular flexibility index (Phi) is 5.37. The summed E-state index contributed by atoms with van der Waals surface area (Å²) in [5, 5.41) is 0. The first kappa shape index (κ1) is 16.0. The van der Waals surface area contributed by atoms with E-state index in [-0.39, 0.29) is 17.4 Å². The lowest BCUT2D eigenvalue weighted by Gasteiger charge is -2.35. The van der Waals surface area contributed by atoms with Crippen LogP contribution in [0.2, 0.25) is 0 Å².